The second kappa shape index (κ2) is 6.66. The van der Waals surface area contributed by atoms with Crippen LogP contribution in [0.3, 0.4) is 0 Å². The molecule has 0 unspecified atom stereocenters. The molecule has 0 aromatic carbocycles. The molecule has 0 bridgehead atoms. The molecule has 3 heteroatoms. The van der Waals surface area contributed by atoms with Crippen molar-refractivity contribution in [1.29, 1.82) is 0 Å². The number of hydrogen-bond donors (Lipinski definition) is 3. The Kier molecular flexibility index (Phi) is 7.29. The molecule has 1 nitrogen and oxygen atoms in total. The van der Waals surface area contributed by atoms with Crippen molar-refractivity contribution in [1.82, 2.24) is 5.32 Å². The average molecular weight is 137 g/mol. The van der Waals surface area contributed by atoms with Crippen molar-refractivity contribution < 1.29 is 0 Å². The van der Waals surface area contributed by atoms with Crippen LogP contribution in [0, 0.1) is 0 Å². The minimum Gasteiger partial charge on any atom is -0.317 e. The van der Waals surface area contributed by atoms with Crippen molar-refractivity contribution in [3.8, 4) is 0 Å². The molecule has 1 N–H and O–H groups in total. The van der Waals surface area contributed by atoms with Gasteiger partial charge < -0.3 is 5.32 Å². The summed E-state index contributed by atoms with van der Waals surface area (Å²) in [6.07, 6.45) is 2.78. The van der Waals surface area contributed by atoms with Gasteiger partial charge in [-0.25, -0.2) is 0 Å². The van der Waals surface area contributed by atoms with Gasteiger partial charge in [-0.05, 0) is 25.9 Å². The monoisotopic (exact) mass is 137 g/mol. The van der Waals surface area contributed by atoms with Gasteiger partial charge in [0.05, 0.1) is 0 Å². The molecule has 0 aromatic rings. The highest BCUT2D eigenvalue weighted by atomic mass is 33.1. The van der Waals surface area contributed by atoms with Crippen LogP contribution in [0.25, 0.3) is 0 Å². The van der Waals surface area contributed by atoms with Gasteiger partial charge >= 0.3 is 0 Å². The van der Waals surface area contributed by atoms with Crippen LogP contribution in [-0.2, 0) is 0 Å². The molecule has 0 atom stereocenters. The fourth-order valence-electron chi connectivity index (χ4n) is 0.625. The number of thiol groups is 2. The maximum absolute atomic E-state index is 3.22. The molecule has 0 saturated carbocycles. The Hall–Kier alpha value is 0.660. The minimum atomic E-state index is 1.25. The Morgan fingerprint density at radius 2 is 1.43 bits per heavy atom. The summed E-state index contributed by atoms with van der Waals surface area (Å²) >= 11 is 6.44. The topological polar surface area (TPSA) is 12.0 Å². The highest BCUT2D eigenvalue weighted by Crippen LogP contribution is 1.90. The van der Waals surface area contributed by atoms with Gasteiger partial charge in [-0.3, -0.25) is 0 Å². The molecule has 1 saturated heterocycles. The quantitative estimate of drug-likeness (QED) is 0.336. The van der Waals surface area contributed by atoms with Crippen LogP contribution in [0.15, 0.2) is 0 Å². The number of rotatable bonds is 0. The molecule has 0 amide bonds. The molecular formula is C4H11NS2. The van der Waals surface area contributed by atoms with Crippen molar-refractivity contribution in [3.05, 3.63) is 0 Å². The van der Waals surface area contributed by atoms with E-state index in [1.165, 1.54) is 25.9 Å². The zero-order valence-corrected chi connectivity index (χ0v) is 6.01. The summed E-state index contributed by atoms with van der Waals surface area (Å²) in [7, 11) is 0. The molecule has 0 radical (unpaired) electrons. The van der Waals surface area contributed by atoms with Gasteiger partial charge in [0.2, 0.25) is 0 Å². The molecule has 7 heavy (non-hydrogen) atoms. The van der Waals surface area contributed by atoms with E-state index in [1.807, 2.05) is 0 Å². The SMILES string of the molecule is C1CCNC1.SS. The zero-order valence-electron chi connectivity index (χ0n) is 4.22. The van der Waals surface area contributed by atoms with Gasteiger partial charge in [0.1, 0.15) is 0 Å². The predicted octanol–water partition coefficient (Wildman–Crippen LogP) is 1.13. The van der Waals surface area contributed by atoms with Crippen LogP contribution >= 0.6 is 23.3 Å². The van der Waals surface area contributed by atoms with E-state index >= 15 is 0 Å². The second-order valence-corrected chi connectivity index (χ2v) is 1.46. The molecule has 0 spiro atoms. The highest BCUT2D eigenvalue weighted by Gasteiger charge is 1.93. The van der Waals surface area contributed by atoms with Crippen molar-refractivity contribution in [2.24, 2.45) is 0 Å². The molecule has 44 valence electrons. The minimum absolute atomic E-state index is 1.25. The van der Waals surface area contributed by atoms with E-state index in [2.05, 4.69) is 28.6 Å². The lowest BCUT2D eigenvalue weighted by Gasteiger charge is -1.76. The van der Waals surface area contributed by atoms with Gasteiger partial charge in [-0.15, -0.1) is 23.3 Å². The van der Waals surface area contributed by atoms with E-state index < -0.39 is 0 Å². The molecule has 0 aromatic heterocycles. The fraction of sp³-hybridized carbons (Fsp3) is 1.00. The first-order valence-electron chi connectivity index (χ1n) is 2.41. The van der Waals surface area contributed by atoms with E-state index in [0.717, 1.165) is 0 Å². The van der Waals surface area contributed by atoms with Crippen LogP contribution in [0.2, 0.25) is 0 Å². The first-order valence-corrected chi connectivity index (χ1v) is 4.01. The van der Waals surface area contributed by atoms with E-state index in [9.17, 15) is 0 Å². The number of nitrogens with one attached hydrogen (secondary N) is 1. The Balaban J connectivity index is 0.000000162. The van der Waals surface area contributed by atoms with Crippen LogP contribution in [-0.4, -0.2) is 13.1 Å². The maximum Gasteiger partial charge on any atom is -0.00484 e. The highest BCUT2D eigenvalue weighted by molar-refractivity contribution is 8.59. The van der Waals surface area contributed by atoms with Gasteiger partial charge in [-0.1, -0.05) is 0 Å². The third-order valence-corrected chi connectivity index (χ3v) is 0.957. The van der Waals surface area contributed by atoms with Gasteiger partial charge in [0.15, 0.2) is 0 Å². The molecule has 1 fully saturated rings. The maximum atomic E-state index is 3.22. The van der Waals surface area contributed by atoms with E-state index in [-0.39, 0.29) is 0 Å². The first kappa shape index (κ1) is 7.66. The Morgan fingerprint density at radius 3 is 1.57 bits per heavy atom. The molecule has 1 heterocycles. The summed E-state index contributed by atoms with van der Waals surface area (Å²) in [5.41, 5.74) is 0. The summed E-state index contributed by atoms with van der Waals surface area (Å²) in [4.78, 5) is 0. The molecule has 1 rings (SSSR count). The number of hydrogen-bond acceptors (Lipinski definition) is 3. The van der Waals surface area contributed by atoms with Gasteiger partial charge in [0.25, 0.3) is 0 Å². The predicted molar refractivity (Wildman–Crippen MR) is 40.1 cm³/mol. The van der Waals surface area contributed by atoms with E-state index in [0.29, 0.717) is 0 Å². The van der Waals surface area contributed by atoms with Crippen LogP contribution in [0.1, 0.15) is 12.8 Å². The van der Waals surface area contributed by atoms with E-state index in [1.54, 1.807) is 0 Å². The van der Waals surface area contributed by atoms with Crippen LogP contribution in [0.4, 0.5) is 0 Å². The normalized spacial score (nSPS) is 18.0. The molecule has 1 aliphatic heterocycles. The fourth-order valence-corrected chi connectivity index (χ4v) is 0.625. The van der Waals surface area contributed by atoms with Gasteiger partial charge in [-0.2, -0.15) is 0 Å². The summed E-state index contributed by atoms with van der Waals surface area (Å²) in [5, 5.41) is 3.22. The second-order valence-electron chi connectivity index (χ2n) is 1.46. The first-order chi connectivity index (χ1) is 3.50. The van der Waals surface area contributed by atoms with E-state index in [4.69, 9.17) is 0 Å². The van der Waals surface area contributed by atoms with Gasteiger partial charge in [0, 0.05) is 0 Å². The lowest BCUT2D eigenvalue weighted by Crippen LogP contribution is -2.03. The standard InChI is InChI=1S/C4H9N.H2S2/c1-2-4-5-3-1;1-2/h5H,1-4H2;1-2H. The Morgan fingerprint density at radius 1 is 1.00 bits per heavy atom. The summed E-state index contributed by atoms with van der Waals surface area (Å²) in [6.45, 7) is 2.50. The van der Waals surface area contributed by atoms with Crippen molar-refractivity contribution in [2.45, 2.75) is 12.8 Å². The Bertz CT molecular complexity index is 21.3. The summed E-state index contributed by atoms with van der Waals surface area (Å²) < 4.78 is 0. The average Bonchev–Trinajstić information content (AvgIpc) is 2.23. The van der Waals surface area contributed by atoms with Crippen molar-refractivity contribution >= 4 is 23.3 Å². The largest absolute Gasteiger partial charge is 0.317 e. The van der Waals surface area contributed by atoms with Crippen molar-refractivity contribution in [3.63, 3.8) is 0 Å². The summed E-state index contributed by atoms with van der Waals surface area (Å²) in [6, 6.07) is 0. The van der Waals surface area contributed by atoms with Crippen LogP contribution in [0.5, 0.6) is 0 Å². The Labute approximate surface area is 55.1 Å². The smallest absolute Gasteiger partial charge is 0.00484 e. The zero-order chi connectivity index (χ0) is 5.54. The third kappa shape index (κ3) is 4.51. The third-order valence-electron chi connectivity index (χ3n) is 0.957. The molecular weight excluding hydrogens is 126 g/mol. The lowest BCUT2D eigenvalue weighted by molar-refractivity contribution is 0.857. The van der Waals surface area contributed by atoms with Crippen molar-refractivity contribution in [2.75, 3.05) is 13.1 Å². The van der Waals surface area contributed by atoms with Crippen LogP contribution < -0.4 is 5.32 Å². The summed E-state index contributed by atoms with van der Waals surface area (Å²) in [5.74, 6) is 0. The molecule has 1 aliphatic rings. The molecule has 0 aliphatic carbocycles. The lowest BCUT2D eigenvalue weighted by atomic mass is 10.4.